The van der Waals surface area contributed by atoms with Gasteiger partial charge < -0.3 is 5.32 Å². The van der Waals surface area contributed by atoms with E-state index in [4.69, 9.17) is 0 Å². The van der Waals surface area contributed by atoms with Gasteiger partial charge in [-0.2, -0.15) is 9.61 Å². The predicted molar refractivity (Wildman–Crippen MR) is 81.4 cm³/mol. The van der Waals surface area contributed by atoms with Crippen molar-refractivity contribution in [3.8, 4) is 0 Å². The van der Waals surface area contributed by atoms with Crippen LogP contribution in [0.5, 0.6) is 0 Å². The number of nitrogens with zero attached hydrogens (tertiary/aromatic N) is 4. The molecule has 0 amide bonds. The molecule has 0 aliphatic heterocycles. The van der Waals surface area contributed by atoms with Crippen LogP contribution in [0.15, 0.2) is 43.0 Å². The van der Waals surface area contributed by atoms with Gasteiger partial charge in [0.15, 0.2) is 5.65 Å². The molecule has 1 aliphatic carbocycles. The molecule has 2 heterocycles. The van der Waals surface area contributed by atoms with Crippen molar-refractivity contribution in [2.45, 2.75) is 25.2 Å². The lowest BCUT2D eigenvalue weighted by atomic mass is 9.83. The molecule has 1 unspecified atom stereocenters. The van der Waals surface area contributed by atoms with Crippen LogP contribution in [0.1, 0.15) is 29.9 Å². The van der Waals surface area contributed by atoms with E-state index in [0.717, 1.165) is 18.0 Å². The summed E-state index contributed by atoms with van der Waals surface area (Å²) in [5.41, 5.74) is 3.74. The molecule has 0 saturated carbocycles. The maximum Gasteiger partial charge on any atom is 0.175 e. The summed E-state index contributed by atoms with van der Waals surface area (Å²) in [6.07, 6.45) is 8.76. The largest absolute Gasteiger partial charge is 0.368 e. The number of aryl methyl sites for hydroxylation is 1. The van der Waals surface area contributed by atoms with E-state index in [1.165, 1.54) is 30.4 Å². The normalized spacial score (nSPS) is 17.6. The van der Waals surface area contributed by atoms with Crippen molar-refractivity contribution in [3.63, 3.8) is 0 Å². The van der Waals surface area contributed by atoms with Gasteiger partial charge in [-0.3, -0.25) is 4.98 Å². The molecule has 4 rings (SSSR count). The third-order valence-electron chi connectivity index (χ3n) is 4.21. The summed E-state index contributed by atoms with van der Waals surface area (Å²) in [5, 5.41) is 7.71. The fourth-order valence-corrected chi connectivity index (χ4v) is 3.17. The minimum Gasteiger partial charge on any atom is -0.368 e. The molecule has 2 aromatic heterocycles. The number of hydrogen-bond acceptors (Lipinski definition) is 4. The zero-order valence-electron chi connectivity index (χ0n) is 11.7. The van der Waals surface area contributed by atoms with Crippen molar-refractivity contribution < 1.29 is 0 Å². The molecule has 0 spiro atoms. The van der Waals surface area contributed by atoms with Crippen LogP contribution in [-0.2, 0) is 6.42 Å². The molecular weight excluding hydrogens is 262 g/mol. The van der Waals surface area contributed by atoms with Gasteiger partial charge in [0.2, 0.25) is 0 Å². The third kappa shape index (κ3) is 2.24. The topological polar surface area (TPSA) is 55.1 Å². The number of rotatable bonds is 3. The maximum absolute atomic E-state index is 4.23. The number of hydrogen-bond donors (Lipinski definition) is 1. The molecule has 1 aliphatic rings. The van der Waals surface area contributed by atoms with E-state index in [-0.39, 0.29) is 0 Å². The summed E-state index contributed by atoms with van der Waals surface area (Å²) in [6.45, 7) is 0.900. The van der Waals surface area contributed by atoms with Crippen LogP contribution < -0.4 is 5.32 Å². The van der Waals surface area contributed by atoms with Crippen LogP contribution in [0.3, 0.4) is 0 Å². The first kappa shape index (κ1) is 12.3. The predicted octanol–water partition coefficient (Wildman–Crippen LogP) is 2.66. The molecule has 21 heavy (non-hydrogen) atoms. The van der Waals surface area contributed by atoms with Crippen LogP contribution >= 0.6 is 0 Å². The molecule has 5 nitrogen and oxygen atoms in total. The summed E-state index contributed by atoms with van der Waals surface area (Å²) in [4.78, 5) is 8.37. The average molecular weight is 279 g/mol. The molecule has 0 saturated heterocycles. The van der Waals surface area contributed by atoms with E-state index in [2.05, 4.69) is 44.6 Å². The Morgan fingerprint density at radius 1 is 1.24 bits per heavy atom. The third-order valence-corrected chi connectivity index (χ3v) is 4.21. The maximum atomic E-state index is 4.23. The standard InChI is InChI=1S/C16H17N5/c1-2-7-14-12(4-1)5-3-6-13(14)8-18-15-9-17-10-16-19-11-20-21(15)16/h1-2,4,7,9-11,13,18H,3,5-6,8H2. The van der Waals surface area contributed by atoms with E-state index >= 15 is 0 Å². The molecule has 0 fully saturated rings. The van der Waals surface area contributed by atoms with Gasteiger partial charge in [-0.05, 0) is 30.4 Å². The lowest BCUT2D eigenvalue weighted by Crippen LogP contribution is -2.19. The number of benzene rings is 1. The summed E-state index contributed by atoms with van der Waals surface area (Å²) in [5.74, 6) is 1.45. The zero-order chi connectivity index (χ0) is 14.1. The van der Waals surface area contributed by atoms with Crippen molar-refractivity contribution >= 4 is 11.5 Å². The van der Waals surface area contributed by atoms with Gasteiger partial charge in [0.25, 0.3) is 0 Å². The second kappa shape index (κ2) is 5.16. The van der Waals surface area contributed by atoms with Crippen molar-refractivity contribution in [3.05, 3.63) is 54.1 Å². The molecule has 3 aromatic rings. The Morgan fingerprint density at radius 2 is 2.19 bits per heavy atom. The molecule has 1 atom stereocenters. The summed E-state index contributed by atoms with van der Waals surface area (Å²) >= 11 is 0. The number of nitrogens with one attached hydrogen (secondary N) is 1. The molecule has 5 heteroatoms. The lowest BCUT2D eigenvalue weighted by Gasteiger charge is -2.26. The average Bonchev–Trinajstić information content (AvgIpc) is 3.02. The molecule has 1 N–H and O–H groups in total. The SMILES string of the molecule is c1ccc2c(c1)CCCC2CNc1cncc2ncnn12. The summed E-state index contributed by atoms with van der Waals surface area (Å²) < 4.78 is 1.79. The van der Waals surface area contributed by atoms with Crippen molar-refractivity contribution in [2.75, 3.05) is 11.9 Å². The lowest BCUT2D eigenvalue weighted by molar-refractivity contribution is 0.570. The Hall–Kier alpha value is -2.43. The Bertz CT molecular complexity index is 764. The number of fused-ring (bicyclic) bond motifs is 2. The van der Waals surface area contributed by atoms with Gasteiger partial charge >= 0.3 is 0 Å². The highest BCUT2D eigenvalue weighted by atomic mass is 15.3. The van der Waals surface area contributed by atoms with Crippen LogP contribution in [-0.4, -0.2) is 26.1 Å². The highest BCUT2D eigenvalue weighted by Crippen LogP contribution is 2.31. The summed E-state index contributed by atoms with van der Waals surface area (Å²) in [7, 11) is 0. The number of aromatic nitrogens is 4. The molecule has 1 aromatic carbocycles. The highest BCUT2D eigenvalue weighted by Gasteiger charge is 2.19. The molecular formula is C16H17N5. The van der Waals surface area contributed by atoms with Gasteiger partial charge in [-0.1, -0.05) is 24.3 Å². The van der Waals surface area contributed by atoms with E-state index in [1.807, 2.05) is 0 Å². The minimum atomic E-state index is 0.550. The smallest absolute Gasteiger partial charge is 0.175 e. The van der Waals surface area contributed by atoms with Crippen LogP contribution in [0.4, 0.5) is 5.82 Å². The number of anilines is 1. The zero-order valence-corrected chi connectivity index (χ0v) is 11.7. The van der Waals surface area contributed by atoms with Crippen LogP contribution in [0, 0.1) is 0 Å². The van der Waals surface area contributed by atoms with E-state index in [0.29, 0.717) is 5.92 Å². The van der Waals surface area contributed by atoms with E-state index in [9.17, 15) is 0 Å². The van der Waals surface area contributed by atoms with Crippen molar-refractivity contribution in [1.82, 2.24) is 19.6 Å². The second-order valence-electron chi connectivity index (χ2n) is 5.49. The van der Waals surface area contributed by atoms with Crippen molar-refractivity contribution in [1.29, 1.82) is 0 Å². The molecule has 0 bridgehead atoms. The van der Waals surface area contributed by atoms with Gasteiger partial charge in [0, 0.05) is 12.5 Å². The first-order valence-corrected chi connectivity index (χ1v) is 7.37. The van der Waals surface area contributed by atoms with Gasteiger partial charge in [0.1, 0.15) is 12.1 Å². The fraction of sp³-hybridized carbons (Fsp3) is 0.312. The second-order valence-corrected chi connectivity index (χ2v) is 5.49. The first-order chi connectivity index (χ1) is 10.4. The first-order valence-electron chi connectivity index (χ1n) is 7.37. The van der Waals surface area contributed by atoms with Crippen LogP contribution in [0.25, 0.3) is 5.65 Å². The van der Waals surface area contributed by atoms with Crippen molar-refractivity contribution in [2.24, 2.45) is 0 Å². The van der Waals surface area contributed by atoms with Gasteiger partial charge in [-0.25, -0.2) is 4.98 Å². The minimum absolute atomic E-state index is 0.550. The fourth-order valence-electron chi connectivity index (χ4n) is 3.17. The quantitative estimate of drug-likeness (QED) is 0.801. The molecule has 0 radical (unpaired) electrons. The molecule has 106 valence electrons. The monoisotopic (exact) mass is 279 g/mol. The Kier molecular flexibility index (Phi) is 3.03. The van der Waals surface area contributed by atoms with Crippen LogP contribution in [0.2, 0.25) is 0 Å². The Balaban J connectivity index is 1.57. The van der Waals surface area contributed by atoms with Gasteiger partial charge in [-0.15, -0.1) is 0 Å². The van der Waals surface area contributed by atoms with Gasteiger partial charge in [0.05, 0.1) is 12.4 Å². The Morgan fingerprint density at radius 3 is 3.19 bits per heavy atom. The van der Waals surface area contributed by atoms with E-state index < -0.39 is 0 Å². The van der Waals surface area contributed by atoms with E-state index in [1.54, 1.807) is 23.2 Å². The summed E-state index contributed by atoms with van der Waals surface area (Å²) in [6, 6.07) is 8.78. The Labute approximate surface area is 123 Å². The highest BCUT2D eigenvalue weighted by molar-refractivity contribution is 5.45.